The SMILES string of the molecule is N[C@H](Cc1c[nH]c2ccccc12)C(=O)Nc1cccc(-n2cccn2)c1. The van der Waals surface area contributed by atoms with E-state index in [2.05, 4.69) is 15.4 Å². The highest BCUT2D eigenvalue weighted by molar-refractivity contribution is 5.95. The van der Waals surface area contributed by atoms with E-state index in [1.54, 1.807) is 10.9 Å². The predicted molar refractivity (Wildman–Crippen MR) is 102 cm³/mol. The van der Waals surface area contributed by atoms with Gasteiger partial charge >= 0.3 is 0 Å². The van der Waals surface area contributed by atoms with E-state index in [1.165, 1.54) is 0 Å². The number of benzene rings is 2. The zero-order chi connectivity index (χ0) is 17.9. The number of nitrogens with one attached hydrogen (secondary N) is 2. The smallest absolute Gasteiger partial charge is 0.241 e. The molecule has 0 saturated heterocycles. The summed E-state index contributed by atoms with van der Waals surface area (Å²) in [6, 6.07) is 16.7. The zero-order valence-corrected chi connectivity index (χ0v) is 14.1. The lowest BCUT2D eigenvalue weighted by atomic mass is 10.0. The second-order valence-corrected chi connectivity index (χ2v) is 6.16. The van der Waals surface area contributed by atoms with Gasteiger partial charge in [0, 0.05) is 35.2 Å². The summed E-state index contributed by atoms with van der Waals surface area (Å²) in [6.45, 7) is 0. The summed E-state index contributed by atoms with van der Waals surface area (Å²) in [5.41, 5.74) is 9.78. The van der Waals surface area contributed by atoms with Crippen LogP contribution < -0.4 is 11.1 Å². The maximum atomic E-state index is 12.5. The minimum atomic E-state index is -0.637. The Labute approximate surface area is 150 Å². The van der Waals surface area contributed by atoms with Gasteiger partial charge in [-0.05, 0) is 42.3 Å². The average Bonchev–Trinajstić information content (AvgIpc) is 3.32. The number of hydrogen-bond donors (Lipinski definition) is 3. The molecule has 0 saturated carbocycles. The molecular formula is C20H19N5O. The van der Waals surface area contributed by atoms with Crippen molar-refractivity contribution >= 4 is 22.5 Å². The molecule has 0 aliphatic carbocycles. The number of aromatic amines is 1. The first-order chi connectivity index (χ1) is 12.7. The molecule has 0 aliphatic rings. The Hall–Kier alpha value is -3.38. The standard InChI is InChI=1S/C20H19N5O/c21-18(11-14-13-22-19-8-2-1-7-17(14)19)20(26)24-15-5-3-6-16(12-15)25-10-4-9-23-25/h1-10,12-13,18,22H,11,21H2,(H,24,26)/t18-/m1/s1. The van der Waals surface area contributed by atoms with Crippen molar-refractivity contribution in [2.75, 3.05) is 5.32 Å². The summed E-state index contributed by atoms with van der Waals surface area (Å²) in [5, 5.41) is 8.18. The Balaban J connectivity index is 1.47. The van der Waals surface area contributed by atoms with E-state index in [0.29, 0.717) is 12.1 Å². The molecule has 2 aromatic carbocycles. The predicted octanol–water partition coefficient (Wildman–Crippen LogP) is 2.86. The first kappa shape index (κ1) is 16.1. The molecule has 0 aliphatic heterocycles. The third-order valence-electron chi connectivity index (χ3n) is 4.33. The van der Waals surface area contributed by atoms with Crippen molar-refractivity contribution in [2.45, 2.75) is 12.5 Å². The fraction of sp³-hybridized carbons (Fsp3) is 0.100. The number of fused-ring (bicyclic) bond motifs is 1. The van der Waals surface area contributed by atoms with E-state index >= 15 is 0 Å². The number of nitrogens with zero attached hydrogens (tertiary/aromatic N) is 2. The Bertz CT molecular complexity index is 1040. The molecule has 0 bridgehead atoms. The number of hydrogen-bond acceptors (Lipinski definition) is 3. The van der Waals surface area contributed by atoms with Crippen molar-refractivity contribution in [1.82, 2.24) is 14.8 Å². The molecule has 4 rings (SSSR count). The van der Waals surface area contributed by atoms with Gasteiger partial charge in [-0.3, -0.25) is 4.79 Å². The lowest BCUT2D eigenvalue weighted by molar-refractivity contribution is -0.117. The number of anilines is 1. The molecule has 26 heavy (non-hydrogen) atoms. The van der Waals surface area contributed by atoms with Crippen molar-refractivity contribution in [2.24, 2.45) is 5.73 Å². The molecule has 0 radical (unpaired) electrons. The molecule has 0 fully saturated rings. The molecule has 2 heterocycles. The maximum absolute atomic E-state index is 12.5. The largest absolute Gasteiger partial charge is 0.361 e. The van der Waals surface area contributed by atoms with Crippen molar-refractivity contribution in [3.05, 3.63) is 78.8 Å². The number of carbonyl (C=O) groups is 1. The molecule has 0 spiro atoms. The minimum Gasteiger partial charge on any atom is -0.361 e. The quantitative estimate of drug-likeness (QED) is 0.520. The third-order valence-corrected chi connectivity index (χ3v) is 4.33. The van der Waals surface area contributed by atoms with Gasteiger partial charge < -0.3 is 16.0 Å². The molecule has 4 aromatic rings. The van der Waals surface area contributed by atoms with Gasteiger partial charge in [-0.1, -0.05) is 24.3 Å². The van der Waals surface area contributed by atoms with E-state index in [9.17, 15) is 4.79 Å². The molecule has 6 nitrogen and oxygen atoms in total. The fourth-order valence-corrected chi connectivity index (χ4v) is 3.01. The number of aromatic nitrogens is 3. The highest BCUT2D eigenvalue weighted by Gasteiger charge is 2.16. The number of rotatable bonds is 5. The summed E-state index contributed by atoms with van der Waals surface area (Å²) in [7, 11) is 0. The number of para-hydroxylation sites is 1. The topological polar surface area (TPSA) is 88.7 Å². The van der Waals surface area contributed by atoms with Crippen LogP contribution in [-0.2, 0) is 11.2 Å². The number of nitrogens with two attached hydrogens (primary N) is 1. The molecule has 0 unspecified atom stereocenters. The van der Waals surface area contributed by atoms with E-state index in [1.807, 2.05) is 67.0 Å². The molecule has 6 heteroatoms. The molecular weight excluding hydrogens is 326 g/mol. The Kier molecular flexibility index (Phi) is 4.25. The average molecular weight is 345 g/mol. The van der Waals surface area contributed by atoms with Crippen LogP contribution in [0.4, 0.5) is 5.69 Å². The van der Waals surface area contributed by atoms with Crippen molar-refractivity contribution in [3.63, 3.8) is 0 Å². The van der Waals surface area contributed by atoms with Gasteiger partial charge in [-0.25, -0.2) is 4.68 Å². The van der Waals surface area contributed by atoms with Gasteiger partial charge in [0.25, 0.3) is 0 Å². The first-order valence-corrected chi connectivity index (χ1v) is 8.42. The maximum Gasteiger partial charge on any atom is 0.241 e. The Morgan fingerprint density at radius 3 is 2.92 bits per heavy atom. The lowest BCUT2D eigenvalue weighted by Crippen LogP contribution is -2.37. The molecule has 1 amide bonds. The Morgan fingerprint density at radius 2 is 2.08 bits per heavy atom. The molecule has 1 atom stereocenters. The van der Waals surface area contributed by atoms with Crippen molar-refractivity contribution in [3.8, 4) is 5.69 Å². The van der Waals surface area contributed by atoms with Crippen LogP contribution in [0.3, 0.4) is 0 Å². The summed E-state index contributed by atoms with van der Waals surface area (Å²) in [4.78, 5) is 15.7. The van der Waals surface area contributed by atoms with Gasteiger partial charge in [0.2, 0.25) is 5.91 Å². The monoisotopic (exact) mass is 345 g/mol. The van der Waals surface area contributed by atoms with Gasteiger partial charge in [0.15, 0.2) is 0 Å². The third kappa shape index (κ3) is 3.22. The lowest BCUT2D eigenvalue weighted by Gasteiger charge is -2.13. The summed E-state index contributed by atoms with van der Waals surface area (Å²) < 4.78 is 1.74. The van der Waals surface area contributed by atoms with E-state index in [4.69, 9.17) is 5.73 Å². The van der Waals surface area contributed by atoms with Gasteiger partial charge in [0.1, 0.15) is 0 Å². The molecule has 4 N–H and O–H groups in total. The highest BCUT2D eigenvalue weighted by Crippen LogP contribution is 2.19. The highest BCUT2D eigenvalue weighted by atomic mass is 16.2. The van der Waals surface area contributed by atoms with Crippen LogP contribution in [-0.4, -0.2) is 26.7 Å². The van der Waals surface area contributed by atoms with Crippen LogP contribution >= 0.6 is 0 Å². The Morgan fingerprint density at radius 1 is 1.19 bits per heavy atom. The minimum absolute atomic E-state index is 0.215. The summed E-state index contributed by atoms with van der Waals surface area (Å²) >= 11 is 0. The molecule has 130 valence electrons. The van der Waals surface area contributed by atoms with Gasteiger partial charge in [-0.15, -0.1) is 0 Å². The first-order valence-electron chi connectivity index (χ1n) is 8.42. The van der Waals surface area contributed by atoms with Crippen LogP contribution in [0, 0.1) is 0 Å². The van der Waals surface area contributed by atoms with Crippen molar-refractivity contribution < 1.29 is 4.79 Å². The van der Waals surface area contributed by atoms with Crippen molar-refractivity contribution in [1.29, 1.82) is 0 Å². The van der Waals surface area contributed by atoms with E-state index < -0.39 is 6.04 Å². The van der Waals surface area contributed by atoms with Gasteiger partial charge in [0.05, 0.1) is 11.7 Å². The number of amides is 1. The number of H-pyrrole nitrogens is 1. The van der Waals surface area contributed by atoms with Crippen LogP contribution in [0.25, 0.3) is 16.6 Å². The van der Waals surface area contributed by atoms with E-state index in [0.717, 1.165) is 22.2 Å². The van der Waals surface area contributed by atoms with Gasteiger partial charge in [-0.2, -0.15) is 5.10 Å². The zero-order valence-electron chi connectivity index (χ0n) is 14.1. The fourth-order valence-electron chi connectivity index (χ4n) is 3.01. The second kappa shape index (κ2) is 6.85. The van der Waals surface area contributed by atoms with Crippen LogP contribution in [0.1, 0.15) is 5.56 Å². The normalized spacial score (nSPS) is 12.2. The van der Waals surface area contributed by atoms with E-state index in [-0.39, 0.29) is 5.91 Å². The molecule has 2 aromatic heterocycles. The van der Waals surface area contributed by atoms with Crippen LogP contribution in [0.5, 0.6) is 0 Å². The second-order valence-electron chi connectivity index (χ2n) is 6.16. The number of carbonyl (C=O) groups excluding carboxylic acids is 1. The summed E-state index contributed by atoms with van der Waals surface area (Å²) in [5.74, 6) is -0.215. The van der Waals surface area contributed by atoms with Crippen LogP contribution in [0.15, 0.2) is 73.2 Å². The summed E-state index contributed by atoms with van der Waals surface area (Å²) in [6.07, 6.45) is 5.94. The van der Waals surface area contributed by atoms with Crippen LogP contribution in [0.2, 0.25) is 0 Å².